The molecule has 0 aliphatic carbocycles. The van der Waals surface area contributed by atoms with Gasteiger partial charge in [-0.15, -0.1) is 0 Å². The second-order valence-electron chi connectivity index (χ2n) is 5.39. The summed E-state index contributed by atoms with van der Waals surface area (Å²) in [7, 11) is 0.932. The first kappa shape index (κ1) is 15.9. The third-order valence-corrected chi connectivity index (χ3v) is 5.36. The van der Waals surface area contributed by atoms with Gasteiger partial charge in [0.05, 0.1) is 5.75 Å². The molecule has 1 rings (SSSR count). The summed E-state index contributed by atoms with van der Waals surface area (Å²) < 4.78 is 26.0. The predicted molar refractivity (Wildman–Crippen MR) is 75.2 cm³/mol. The molecule has 1 fully saturated rings. The van der Waals surface area contributed by atoms with Gasteiger partial charge in [0.15, 0.2) is 0 Å². The second-order valence-corrected chi connectivity index (χ2v) is 7.48. The summed E-state index contributed by atoms with van der Waals surface area (Å²) in [5.41, 5.74) is 0. The SMILES string of the molecule is CCCNCCS(=O)(=O)N1CC(C)C(N(C)C)C1. The van der Waals surface area contributed by atoms with Gasteiger partial charge in [-0.1, -0.05) is 13.8 Å². The summed E-state index contributed by atoms with van der Waals surface area (Å²) in [4.78, 5) is 2.12. The molecule has 0 aromatic rings. The molecule has 2 atom stereocenters. The van der Waals surface area contributed by atoms with Crippen molar-refractivity contribution in [2.75, 3.05) is 46.0 Å². The van der Waals surface area contributed by atoms with E-state index < -0.39 is 10.0 Å². The van der Waals surface area contributed by atoms with Crippen molar-refractivity contribution >= 4 is 10.0 Å². The molecule has 0 radical (unpaired) electrons. The van der Waals surface area contributed by atoms with Crippen LogP contribution >= 0.6 is 0 Å². The van der Waals surface area contributed by atoms with Crippen LogP contribution in [-0.2, 0) is 10.0 Å². The van der Waals surface area contributed by atoms with Crippen molar-refractivity contribution in [3.63, 3.8) is 0 Å². The maximum atomic E-state index is 12.2. The van der Waals surface area contributed by atoms with Gasteiger partial charge in [0.25, 0.3) is 0 Å². The zero-order chi connectivity index (χ0) is 13.8. The molecular weight excluding hydrogens is 250 g/mol. The van der Waals surface area contributed by atoms with Gasteiger partial charge >= 0.3 is 0 Å². The Morgan fingerprint density at radius 2 is 1.94 bits per heavy atom. The van der Waals surface area contributed by atoms with Crippen molar-refractivity contribution in [2.45, 2.75) is 26.3 Å². The van der Waals surface area contributed by atoms with E-state index >= 15 is 0 Å². The second kappa shape index (κ2) is 6.84. The fourth-order valence-electron chi connectivity index (χ4n) is 2.44. The molecule has 0 amide bonds. The van der Waals surface area contributed by atoms with Gasteiger partial charge < -0.3 is 10.2 Å². The summed E-state index contributed by atoms with van der Waals surface area (Å²) in [6, 6.07) is 0.336. The van der Waals surface area contributed by atoms with Crippen LogP contribution < -0.4 is 5.32 Å². The van der Waals surface area contributed by atoms with Crippen molar-refractivity contribution in [3.05, 3.63) is 0 Å². The standard InChI is InChI=1S/C12H27N3O2S/c1-5-6-13-7-8-18(16,17)15-9-11(2)12(10-15)14(3)4/h11-13H,5-10H2,1-4H3. The van der Waals surface area contributed by atoms with Crippen molar-refractivity contribution < 1.29 is 8.42 Å². The number of nitrogens with zero attached hydrogens (tertiary/aromatic N) is 2. The van der Waals surface area contributed by atoms with E-state index in [-0.39, 0.29) is 5.75 Å². The minimum atomic E-state index is -3.10. The highest BCUT2D eigenvalue weighted by molar-refractivity contribution is 7.89. The molecule has 0 bridgehead atoms. The molecule has 108 valence electrons. The normalized spacial score (nSPS) is 26.1. The number of nitrogens with one attached hydrogen (secondary N) is 1. The maximum absolute atomic E-state index is 12.2. The summed E-state index contributed by atoms with van der Waals surface area (Å²) in [5, 5.41) is 3.14. The summed E-state index contributed by atoms with van der Waals surface area (Å²) in [5.74, 6) is 0.609. The van der Waals surface area contributed by atoms with E-state index in [1.54, 1.807) is 4.31 Å². The Labute approximate surface area is 112 Å². The molecule has 0 saturated carbocycles. The Hall–Kier alpha value is -0.170. The van der Waals surface area contributed by atoms with E-state index in [1.165, 1.54) is 0 Å². The Bertz CT molecular complexity index is 343. The van der Waals surface area contributed by atoms with Gasteiger partial charge in [0, 0.05) is 25.7 Å². The van der Waals surface area contributed by atoms with Crippen LogP contribution in [0.4, 0.5) is 0 Å². The van der Waals surface area contributed by atoms with E-state index in [1.807, 2.05) is 14.1 Å². The van der Waals surface area contributed by atoms with Crippen LogP contribution in [0.3, 0.4) is 0 Å². The molecule has 0 aromatic heterocycles. The molecule has 1 aliphatic rings. The highest BCUT2D eigenvalue weighted by atomic mass is 32.2. The van der Waals surface area contributed by atoms with Crippen LogP contribution in [0.1, 0.15) is 20.3 Å². The van der Waals surface area contributed by atoms with Crippen LogP contribution in [0.2, 0.25) is 0 Å². The Morgan fingerprint density at radius 1 is 1.28 bits per heavy atom. The first-order valence-electron chi connectivity index (χ1n) is 6.73. The van der Waals surface area contributed by atoms with E-state index in [2.05, 4.69) is 24.1 Å². The van der Waals surface area contributed by atoms with Gasteiger partial charge in [-0.2, -0.15) is 4.31 Å². The lowest BCUT2D eigenvalue weighted by Crippen LogP contribution is -2.38. The van der Waals surface area contributed by atoms with Crippen LogP contribution in [0, 0.1) is 5.92 Å². The Morgan fingerprint density at radius 3 is 2.44 bits per heavy atom. The topological polar surface area (TPSA) is 52.7 Å². The van der Waals surface area contributed by atoms with E-state index in [0.717, 1.165) is 13.0 Å². The van der Waals surface area contributed by atoms with Gasteiger partial charge in [-0.3, -0.25) is 0 Å². The Balaban J connectivity index is 2.49. The maximum Gasteiger partial charge on any atom is 0.215 e. The minimum absolute atomic E-state index is 0.208. The number of sulfonamides is 1. The lowest BCUT2D eigenvalue weighted by molar-refractivity contribution is 0.263. The zero-order valence-corrected chi connectivity index (χ0v) is 12.8. The lowest BCUT2D eigenvalue weighted by atomic mass is 10.1. The van der Waals surface area contributed by atoms with E-state index in [9.17, 15) is 8.42 Å². The van der Waals surface area contributed by atoms with E-state index in [0.29, 0.717) is 31.6 Å². The van der Waals surface area contributed by atoms with Crippen LogP contribution in [0.5, 0.6) is 0 Å². The van der Waals surface area contributed by atoms with Gasteiger partial charge in [-0.25, -0.2) is 8.42 Å². The first-order valence-corrected chi connectivity index (χ1v) is 8.34. The van der Waals surface area contributed by atoms with Crippen LogP contribution in [0.15, 0.2) is 0 Å². The number of hydrogen-bond acceptors (Lipinski definition) is 4. The number of hydrogen-bond donors (Lipinski definition) is 1. The quantitative estimate of drug-likeness (QED) is 0.675. The van der Waals surface area contributed by atoms with Gasteiger partial charge in [0.2, 0.25) is 10.0 Å². The number of rotatable bonds is 7. The highest BCUT2D eigenvalue weighted by Crippen LogP contribution is 2.22. The van der Waals surface area contributed by atoms with Gasteiger partial charge in [-0.05, 0) is 33.0 Å². The van der Waals surface area contributed by atoms with Crippen molar-refractivity contribution in [2.24, 2.45) is 5.92 Å². The fraction of sp³-hybridized carbons (Fsp3) is 1.00. The highest BCUT2D eigenvalue weighted by Gasteiger charge is 2.36. The van der Waals surface area contributed by atoms with E-state index in [4.69, 9.17) is 0 Å². The molecule has 1 saturated heterocycles. The molecule has 18 heavy (non-hydrogen) atoms. The fourth-order valence-corrected chi connectivity index (χ4v) is 3.94. The van der Waals surface area contributed by atoms with Gasteiger partial charge in [0.1, 0.15) is 0 Å². The van der Waals surface area contributed by atoms with Crippen molar-refractivity contribution in [1.82, 2.24) is 14.5 Å². The Kier molecular flexibility index (Phi) is 6.04. The molecule has 1 heterocycles. The first-order chi connectivity index (χ1) is 8.38. The molecule has 0 aromatic carbocycles. The zero-order valence-electron chi connectivity index (χ0n) is 12.0. The largest absolute Gasteiger partial charge is 0.316 e. The third-order valence-electron chi connectivity index (χ3n) is 3.56. The summed E-state index contributed by atoms with van der Waals surface area (Å²) in [6.07, 6.45) is 1.03. The molecular formula is C12H27N3O2S. The number of likely N-dealkylation sites (N-methyl/N-ethyl adjacent to an activating group) is 1. The molecule has 2 unspecified atom stereocenters. The molecule has 1 aliphatic heterocycles. The minimum Gasteiger partial charge on any atom is -0.316 e. The molecule has 0 spiro atoms. The average Bonchev–Trinajstić information content (AvgIpc) is 2.68. The third kappa shape index (κ3) is 4.19. The van der Waals surface area contributed by atoms with Crippen molar-refractivity contribution in [1.29, 1.82) is 0 Å². The monoisotopic (exact) mass is 277 g/mol. The lowest BCUT2D eigenvalue weighted by Gasteiger charge is -2.22. The summed E-state index contributed by atoms with van der Waals surface area (Å²) >= 11 is 0. The average molecular weight is 277 g/mol. The molecule has 5 nitrogen and oxygen atoms in total. The summed E-state index contributed by atoms with van der Waals surface area (Å²) in [6.45, 7) is 6.91. The van der Waals surface area contributed by atoms with Crippen LogP contribution in [0.25, 0.3) is 0 Å². The van der Waals surface area contributed by atoms with Crippen molar-refractivity contribution in [3.8, 4) is 0 Å². The molecule has 1 N–H and O–H groups in total. The smallest absolute Gasteiger partial charge is 0.215 e. The molecule has 6 heteroatoms. The predicted octanol–water partition coefficient (Wildman–Crippen LogP) is 0.198. The van der Waals surface area contributed by atoms with Crippen LogP contribution in [-0.4, -0.2) is 69.7 Å².